The molecule has 1 amide bonds. The molecule has 0 spiro atoms. The average Bonchev–Trinajstić information content (AvgIpc) is 3.06. The number of fused-ring (bicyclic) bond motifs is 2. The lowest BCUT2D eigenvalue weighted by atomic mass is 10.1. The third-order valence-electron chi connectivity index (χ3n) is 4.94. The van der Waals surface area contributed by atoms with Gasteiger partial charge in [0.05, 0.1) is 15.7 Å². The monoisotopic (exact) mass is 391 g/mol. The first-order valence-electron chi connectivity index (χ1n) is 9.27. The lowest BCUT2D eigenvalue weighted by Crippen LogP contribution is -2.33. The predicted octanol–water partition coefficient (Wildman–Crippen LogP) is 4.82. The Hall–Kier alpha value is -2.99. The van der Waals surface area contributed by atoms with Crippen LogP contribution in [0.5, 0.6) is 0 Å². The second-order valence-electron chi connectivity index (χ2n) is 6.96. The van der Waals surface area contributed by atoms with Gasteiger partial charge in [-0.2, -0.15) is 0 Å². The molecule has 0 saturated heterocycles. The maximum absolute atomic E-state index is 13.1. The molecule has 0 aliphatic carbocycles. The van der Waals surface area contributed by atoms with Gasteiger partial charge < -0.3 is 5.32 Å². The number of thiazole rings is 1. The van der Waals surface area contributed by atoms with E-state index in [0.717, 1.165) is 32.2 Å². The highest BCUT2D eigenvalue weighted by atomic mass is 32.1. The van der Waals surface area contributed by atoms with Gasteiger partial charge in [-0.1, -0.05) is 42.5 Å². The first kappa shape index (κ1) is 18.4. The number of benzene rings is 2. The Labute approximate surface area is 166 Å². The summed E-state index contributed by atoms with van der Waals surface area (Å²) < 4.78 is 2.62. The summed E-state index contributed by atoms with van der Waals surface area (Å²) in [4.78, 5) is 30.3. The normalized spacial score (nSPS) is 12.4. The molecule has 0 aliphatic heterocycles. The minimum Gasteiger partial charge on any atom is -0.300 e. The Morgan fingerprint density at radius 1 is 1.18 bits per heavy atom. The predicted molar refractivity (Wildman–Crippen MR) is 115 cm³/mol. The minimum absolute atomic E-state index is 0.168. The molecule has 0 aliphatic rings. The molecule has 4 aromatic rings. The van der Waals surface area contributed by atoms with Crippen LogP contribution in [0.25, 0.3) is 21.1 Å². The first-order valence-corrected chi connectivity index (χ1v) is 10.1. The zero-order valence-corrected chi connectivity index (χ0v) is 16.8. The summed E-state index contributed by atoms with van der Waals surface area (Å²) in [7, 11) is 0. The van der Waals surface area contributed by atoms with E-state index in [1.807, 2.05) is 57.2 Å². The van der Waals surface area contributed by atoms with Crippen molar-refractivity contribution in [3.8, 4) is 0 Å². The number of pyridine rings is 1. The van der Waals surface area contributed by atoms with Gasteiger partial charge in [-0.25, -0.2) is 4.98 Å². The lowest BCUT2D eigenvalue weighted by molar-refractivity contribution is -0.119. The number of aromatic nitrogens is 2. The van der Waals surface area contributed by atoms with E-state index in [1.54, 1.807) is 10.6 Å². The summed E-state index contributed by atoms with van der Waals surface area (Å²) in [5.41, 5.74) is 3.52. The molecule has 2 aromatic heterocycles. The molecule has 0 bridgehead atoms. The van der Waals surface area contributed by atoms with Gasteiger partial charge in [-0.05, 0) is 49.6 Å². The van der Waals surface area contributed by atoms with E-state index in [9.17, 15) is 9.59 Å². The summed E-state index contributed by atoms with van der Waals surface area (Å²) in [6.45, 7) is 5.85. The van der Waals surface area contributed by atoms with E-state index >= 15 is 0 Å². The van der Waals surface area contributed by atoms with Crippen LogP contribution in [-0.2, 0) is 4.79 Å². The Balaban J connectivity index is 1.73. The molecule has 0 radical (unpaired) electrons. The molecular weight excluding hydrogens is 370 g/mol. The molecule has 2 heterocycles. The maximum Gasteiger partial charge on any atom is 0.252 e. The number of amides is 1. The van der Waals surface area contributed by atoms with Crippen molar-refractivity contribution in [3.05, 3.63) is 70.0 Å². The Morgan fingerprint density at radius 3 is 2.75 bits per heavy atom. The van der Waals surface area contributed by atoms with Gasteiger partial charge in [0, 0.05) is 11.5 Å². The summed E-state index contributed by atoms with van der Waals surface area (Å²) in [6.07, 6.45) is 0.503. The molecule has 0 saturated carbocycles. The van der Waals surface area contributed by atoms with Crippen LogP contribution in [0.4, 0.5) is 5.13 Å². The third kappa shape index (κ3) is 3.20. The number of carbonyl (C=O) groups excluding carboxylic acids is 1. The number of carbonyl (C=O) groups is 1. The fraction of sp³-hybridized carbons (Fsp3) is 0.227. The van der Waals surface area contributed by atoms with Gasteiger partial charge in [-0.3, -0.25) is 14.2 Å². The van der Waals surface area contributed by atoms with Crippen LogP contribution in [0, 0.1) is 13.8 Å². The summed E-state index contributed by atoms with van der Waals surface area (Å²) >= 11 is 1.44. The van der Waals surface area contributed by atoms with E-state index in [-0.39, 0.29) is 11.5 Å². The number of aryl methyl sites for hydroxylation is 2. The van der Waals surface area contributed by atoms with Gasteiger partial charge >= 0.3 is 0 Å². The molecule has 1 N–H and O–H groups in total. The fourth-order valence-corrected chi connectivity index (χ4v) is 4.52. The number of para-hydroxylation sites is 1. The van der Waals surface area contributed by atoms with Crippen molar-refractivity contribution in [3.63, 3.8) is 0 Å². The zero-order valence-electron chi connectivity index (χ0n) is 16.0. The maximum atomic E-state index is 13.1. The third-order valence-corrected chi connectivity index (χ3v) is 5.87. The molecule has 4 rings (SSSR count). The van der Waals surface area contributed by atoms with E-state index < -0.39 is 6.04 Å². The van der Waals surface area contributed by atoms with Gasteiger partial charge in [0.15, 0.2) is 5.13 Å². The van der Waals surface area contributed by atoms with Crippen molar-refractivity contribution >= 4 is 43.5 Å². The molecule has 1 unspecified atom stereocenters. The number of hydrogen-bond donors (Lipinski definition) is 1. The zero-order chi connectivity index (χ0) is 19.8. The van der Waals surface area contributed by atoms with Crippen LogP contribution in [0.2, 0.25) is 0 Å². The molecule has 1 atom stereocenters. The lowest BCUT2D eigenvalue weighted by Gasteiger charge is -2.20. The molecule has 5 nitrogen and oxygen atoms in total. The SMILES string of the molecule is CCC(C(=O)Nc1nc2ccc(C)cc2s1)n1c(=O)cc(C)c2ccccc21. The number of anilines is 1. The number of hydrogen-bond acceptors (Lipinski definition) is 4. The topological polar surface area (TPSA) is 64.0 Å². The Morgan fingerprint density at radius 2 is 1.96 bits per heavy atom. The van der Waals surface area contributed by atoms with E-state index in [2.05, 4.69) is 16.4 Å². The molecule has 2 aromatic carbocycles. The molecule has 142 valence electrons. The molecule has 28 heavy (non-hydrogen) atoms. The number of rotatable bonds is 4. The minimum atomic E-state index is -0.605. The Bertz CT molecular complexity index is 1260. The van der Waals surface area contributed by atoms with Crippen molar-refractivity contribution in [2.45, 2.75) is 33.2 Å². The fourth-order valence-electron chi connectivity index (χ4n) is 3.55. The van der Waals surface area contributed by atoms with Crippen molar-refractivity contribution < 1.29 is 4.79 Å². The average molecular weight is 391 g/mol. The summed E-state index contributed by atoms with van der Waals surface area (Å²) in [5.74, 6) is -0.227. The molecular formula is C22H21N3O2S. The highest BCUT2D eigenvalue weighted by Crippen LogP contribution is 2.28. The van der Waals surface area contributed by atoms with Crippen molar-refractivity contribution in [2.24, 2.45) is 0 Å². The van der Waals surface area contributed by atoms with Crippen LogP contribution in [0.1, 0.15) is 30.5 Å². The highest BCUT2D eigenvalue weighted by molar-refractivity contribution is 7.22. The summed E-state index contributed by atoms with van der Waals surface area (Å²) in [5, 5.41) is 4.44. The highest BCUT2D eigenvalue weighted by Gasteiger charge is 2.23. The van der Waals surface area contributed by atoms with Crippen molar-refractivity contribution in [2.75, 3.05) is 5.32 Å². The number of nitrogens with one attached hydrogen (secondary N) is 1. The quantitative estimate of drug-likeness (QED) is 0.542. The molecule has 0 fully saturated rings. The van der Waals surface area contributed by atoms with Gasteiger partial charge in [0.25, 0.3) is 5.56 Å². The number of nitrogens with zero attached hydrogens (tertiary/aromatic N) is 2. The van der Waals surface area contributed by atoms with Crippen molar-refractivity contribution in [1.82, 2.24) is 9.55 Å². The van der Waals surface area contributed by atoms with Crippen LogP contribution in [0.15, 0.2) is 53.3 Å². The van der Waals surface area contributed by atoms with Crippen LogP contribution < -0.4 is 10.9 Å². The van der Waals surface area contributed by atoms with E-state index in [1.165, 1.54) is 11.3 Å². The standard InChI is InChI=1S/C22H21N3O2S/c1-4-17(25-18-8-6-5-7-15(18)14(3)12-20(25)26)21(27)24-22-23-16-10-9-13(2)11-19(16)28-22/h5-12,17H,4H2,1-3H3,(H,23,24,27). The van der Waals surface area contributed by atoms with Crippen molar-refractivity contribution in [1.29, 1.82) is 0 Å². The second-order valence-corrected chi connectivity index (χ2v) is 7.99. The van der Waals surface area contributed by atoms with Crippen LogP contribution in [0.3, 0.4) is 0 Å². The first-order chi connectivity index (χ1) is 13.5. The smallest absolute Gasteiger partial charge is 0.252 e. The van der Waals surface area contributed by atoms with Crippen LogP contribution in [-0.4, -0.2) is 15.5 Å². The van der Waals surface area contributed by atoms with Gasteiger partial charge in [0.1, 0.15) is 6.04 Å². The second kappa shape index (κ2) is 7.20. The largest absolute Gasteiger partial charge is 0.300 e. The molecule has 6 heteroatoms. The van der Waals surface area contributed by atoms with E-state index in [0.29, 0.717) is 11.6 Å². The van der Waals surface area contributed by atoms with Crippen LogP contribution >= 0.6 is 11.3 Å². The Kier molecular flexibility index (Phi) is 4.73. The van der Waals surface area contributed by atoms with Gasteiger partial charge in [-0.15, -0.1) is 0 Å². The summed E-state index contributed by atoms with van der Waals surface area (Å²) in [6, 6.07) is 14.7. The van der Waals surface area contributed by atoms with E-state index in [4.69, 9.17) is 0 Å². The van der Waals surface area contributed by atoms with Gasteiger partial charge in [0.2, 0.25) is 5.91 Å².